The first-order chi connectivity index (χ1) is 13.3. The van der Waals surface area contributed by atoms with Gasteiger partial charge in [-0.25, -0.2) is 17.6 Å². The predicted octanol–water partition coefficient (Wildman–Crippen LogP) is 2.81. The fourth-order valence-electron chi connectivity index (χ4n) is 3.35. The van der Waals surface area contributed by atoms with Crippen molar-refractivity contribution in [3.8, 4) is 5.75 Å². The molecule has 0 spiro atoms. The van der Waals surface area contributed by atoms with Gasteiger partial charge in [0.05, 0.1) is 25.5 Å². The van der Waals surface area contributed by atoms with Crippen LogP contribution >= 0.6 is 0 Å². The van der Waals surface area contributed by atoms with Gasteiger partial charge in [-0.3, -0.25) is 0 Å². The van der Waals surface area contributed by atoms with Crippen molar-refractivity contribution in [3.63, 3.8) is 0 Å². The highest BCUT2D eigenvalue weighted by Crippen LogP contribution is 2.31. The van der Waals surface area contributed by atoms with Gasteiger partial charge in [0.2, 0.25) is 10.0 Å². The lowest BCUT2D eigenvalue weighted by atomic mass is 9.90. The van der Waals surface area contributed by atoms with Crippen LogP contribution in [0.4, 0.5) is 4.39 Å². The summed E-state index contributed by atoms with van der Waals surface area (Å²) >= 11 is 0. The third-order valence-corrected chi connectivity index (χ3v) is 6.00. The molecule has 1 fully saturated rings. The molecule has 2 aromatic rings. The van der Waals surface area contributed by atoms with E-state index in [1.165, 1.54) is 23.5 Å². The van der Waals surface area contributed by atoms with Gasteiger partial charge in [0.1, 0.15) is 6.10 Å². The average molecular weight is 407 g/mol. The third kappa shape index (κ3) is 4.69. The number of carbonyl (C=O) groups is 1. The molecule has 8 heteroatoms. The maximum absolute atomic E-state index is 14.2. The molecule has 0 unspecified atom stereocenters. The summed E-state index contributed by atoms with van der Waals surface area (Å²) in [6.07, 6.45) is 1.12. The highest BCUT2D eigenvalue weighted by Gasteiger charge is 2.34. The Morgan fingerprint density at radius 3 is 2.50 bits per heavy atom. The van der Waals surface area contributed by atoms with Gasteiger partial charge < -0.3 is 9.47 Å². The first-order valence-corrected chi connectivity index (χ1v) is 10.7. The van der Waals surface area contributed by atoms with Gasteiger partial charge in [0.25, 0.3) is 0 Å². The summed E-state index contributed by atoms with van der Waals surface area (Å²) in [6.45, 7) is 0.456. The van der Waals surface area contributed by atoms with Gasteiger partial charge >= 0.3 is 5.97 Å². The SMILES string of the molecule is COC(=O)c1ccc(F)c(O[C@H]2C[C@@H](c3ccccc3)CN(S(C)(=O)=O)C2)c1. The van der Waals surface area contributed by atoms with E-state index in [1.807, 2.05) is 30.3 Å². The van der Waals surface area contributed by atoms with E-state index in [2.05, 4.69) is 4.74 Å². The van der Waals surface area contributed by atoms with Crippen molar-refractivity contribution >= 4 is 16.0 Å². The van der Waals surface area contributed by atoms with Crippen LogP contribution < -0.4 is 4.74 Å². The van der Waals surface area contributed by atoms with Crippen molar-refractivity contribution < 1.29 is 27.1 Å². The number of methoxy groups -OCH3 is 1. The van der Waals surface area contributed by atoms with Crippen LogP contribution in [0.25, 0.3) is 0 Å². The summed E-state index contributed by atoms with van der Waals surface area (Å²) in [7, 11) is -2.20. The largest absolute Gasteiger partial charge is 0.486 e. The standard InChI is InChI=1S/C20H22FNO5S/c1-26-20(23)15-8-9-18(21)19(11-15)27-17-10-16(14-6-4-3-5-7-14)12-22(13-17)28(2,24)25/h3-9,11,16-17H,10,12-13H2,1-2H3/t16-,17+/m1/s1. The lowest BCUT2D eigenvalue weighted by Crippen LogP contribution is -2.47. The molecule has 0 aromatic heterocycles. The fourth-order valence-corrected chi connectivity index (χ4v) is 4.24. The Hall–Kier alpha value is -2.45. The number of nitrogens with zero attached hydrogens (tertiary/aromatic N) is 1. The van der Waals surface area contributed by atoms with Crippen molar-refractivity contribution in [2.45, 2.75) is 18.4 Å². The number of hydrogen-bond acceptors (Lipinski definition) is 5. The van der Waals surface area contributed by atoms with Gasteiger partial charge in [-0.05, 0) is 30.2 Å². The second kappa shape index (κ2) is 8.28. The normalized spacial score (nSPS) is 20.5. The Kier molecular flexibility index (Phi) is 6.00. The van der Waals surface area contributed by atoms with E-state index in [1.54, 1.807) is 0 Å². The second-order valence-electron chi connectivity index (χ2n) is 6.80. The van der Waals surface area contributed by atoms with Crippen LogP contribution in [0, 0.1) is 5.82 Å². The van der Waals surface area contributed by atoms with Crippen molar-refractivity contribution in [1.29, 1.82) is 0 Å². The Morgan fingerprint density at radius 2 is 1.86 bits per heavy atom. The fraction of sp³-hybridized carbons (Fsp3) is 0.350. The molecule has 0 aliphatic carbocycles. The molecule has 28 heavy (non-hydrogen) atoms. The minimum Gasteiger partial charge on any atom is -0.486 e. The summed E-state index contributed by atoms with van der Waals surface area (Å²) in [5.41, 5.74) is 1.16. The van der Waals surface area contributed by atoms with Crippen LogP contribution in [0.15, 0.2) is 48.5 Å². The highest BCUT2D eigenvalue weighted by molar-refractivity contribution is 7.88. The summed E-state index contributed by atoms with van der Waals surface area (Å²) in [4.78, 5) is 11.7. The smallest absolute Gasteiger partial charge is 0.337 e. The van der Waals surface area contributed by atoms with E-state index in [4.69, 9.17) is 4.74 Å². The lowest BCUT2D eigenvalue weighted by Gasteiger charge is -2.36. The Morgan fingerprint density at radius 1 is 1.14 bits per heavy atom. The van der Waals surface area contributed by atoms with Crippen LogP contribution in [-0.4, -0.2) is 51.3 Å². The topological polar surface area (TPSA) is 72.9 Å². The van der Waals surface area contributed by atoms with Gasteiger partial charge in [0, 0.05) is 12.5 Å². The first kappa shape index (κ1) is 20.3. The monoisotopic (exact) mass is 407 g/mol. The zero-order valence-electron chi connectivity index (χ0n) is 15.7. The predicted molar refractivity (Wildman–Crippen MR) is 102 cm³/mol. The maximum atomic E-state index is 14.2. The van der Waals surface area contributed by atoms with E-state index in [0.717, 1.165) is 17.9 Å². The molecule has 2 atom stereocenters. The molecule has 1 heterocycles. The zero-order valence-corrected chi connectivity index (χ0v) is 16.5. The van der Waals surface area contributed by atoms with E-state index in [9.17, 15) is 17.6 Å². The van der Waals surface area contributed by atoms with Gasteiger partial charge in [-0.1, -0.05) is 30.3 Å². The number of ether oxygens (including phenoxy) is 2. The summed E-state index contributed by atoms with van der Waals surface area (Å²) in [5, 5.41) is 0. The van der Waals surface area contributed by atoms with Crippen molar-refractivity contribution in [2.24, 2.45) is 0 Å². The molecule has 0 radical (unpaired) electrons. The number of rotatable bonds is 5. The summed E-state index contributed by atoms with van der Waals surface area (Å²) in [6, 6.07) is 13.3. The minimum absolute atomic E-state index is 0.0819. The number of sulfonamides is 1. The zero-order chi connectivity index (χ0) is 20.3. The molecule has 0 saturated carbocycles. The van der Waals surface area contributed by atoms with Crippen LogP contribution in [0.5, 0.6) is 5.75 Å². The van der Waals surface area contributed by atoms with E-state index in [0.29, 0.717) is 13.0 Å². The maximum Gasteiger partial charge on any atom is 0.337 e. The Balaban J connectivity index is 1.87. The molecular formula is C20H22FNO5S. The van der Waals surface area contributed by atoms with Crippen molar-refractivity contribution in [3.05, 3.63) is 65.5 Å². The lowest BCUT2D eigenvalue weighted by molar-refractivity contribution is 0.0599. The number of benzene rings is 2. The van der Waals surface area contributed by atoms with E-state index >= 15 is 0 Å². The molecular weight excluding hydrogens is 385 g/mol. The quantitative estimate of drug-likeness (QED) is 0.713. The highest BCUT2D eigenvalue weighted by atomic mass is 32.2. The Bertz CT molecular complexity index is 948. The van der Waals surface area contributed by atoms with Crippen molar-refractivity contribution in [2.75, 3.05) is 26.5 Å². The first-order valence-electron chi connectivity index (χ1n) is 8.82. The molecule has 0 N–H and O–H groups in total. The molecule has 1 aliphatic heterocycles. The Labute approximate surface area is 163 Å². The van der Waals surface area contributed by atoms with Gasteiger partial charge in [-0.15, -0.1) is 0 Å². The van der Waals surface area contributed by atoms with Crippen LogP contribution in [0.3, 0.4) is 0 Å². The van der Waals surface area contributed by atoms with Gasteiger partial charge in [0.15, 0.2) is 11.6 Å². The number of carbonyl (C=O) groups excluding carboxylic acids is 1. The average Bonchev–Trinajstić information content (AvgIpc) is 2.69. The number of halogens is 1. The molecule has 6 nitrogen and oxygen atoms in total. The minimum atomic E-state index is -3.44. The summed E-state index contributed by atoms with van der Waals surface area (Å²) < 4.78 is 50.3. The van der Waals surface area contributed by atoms with Crippen LogP contribution in [0.2, 0.25) is 0 Å². The molecule has 0 amide bonds. The van der Waals surface area contributed by atoms with E-state index in [-0.39, 0.29) is 23.8 Å². The van der Waals surface area contributed by atoms with E-state index < -0.39 is 27.9 Å². The molecule has 150 valence electrons. The summed E-state index contributed by atoms with van der Waals surface area (Å²) in [5.74, 6) is -1.41. The molecule has 2 aromatic carbocycles. The number of hydrogen-bond donors (Lipinski definition) is 0. The second-order valence-corrected chi connectivity index (χ2v) is 8.78. The van der Waals surface area contributed by atoms with Crippen LogP contribution in [0.1, 0.15) is 28.3 Å². The van der Waals surface area contributed by atoms with Gasteiger partial charge in [-0.2, -0.15) is 4.31 Å². The number of esters is 1. The molecule has 0 bridgehead atoms. The molecule has 1 aliphatic rings. The van der Waals surface area contributed by atoms with Crippen LogP contribution in [-0.2, 0) is 14.8 Å². The van der Waals surface area contributed by atoms with Crippen molar-refractivity contribution in [1.82, 2.24) is 4.31 Å². The third-order valence-electron chi connectivity index (χ3n) is 4.76. The molecule has 3 rings (SSSR count). The molecule has 1 saturated heterocycles. The number of piperidine rings is 1.